The van der Waals surface area contributed by atoms with Crippen molar-refractivity contribution < 1.29 is 9.69 Å². The highest BCUT2D eigenvalue weighted by atomic mass is 32.1. The molecule has 0 saturated carbocycles. The second-order valence-corrected chi connectivity index (χ2v) is 8.61. The monoisotopic (exact) mass is 358 g/mol. The molecule has 0 atom stereocenters. The van der Waals surface area contributed by atoms with Gasteiger partial charge < -0.3 is 9.80 Å². The van der Waals surface area contributed by atoms with Crippen molar-refractivity contribution in [1.29, 1.82) is 0 Å². The van der Waals surface area contributed by atoms with Gasteiger partial charge in [-0.1, -0.05) is 12.1 Å². The van der Waals surface area contributed by atoms with Crippen molar-refractivity contribution >= 4 is 38.8 Å². The Morgan fingerprint density at radius 3 is 2.67 bits per heavy atom. The number of hydrogen-bond donors (Lipinski definition) is 1. The summed E-state index contributed by atoms with van der Waals surface area (Å²) in [6.45, 7) is 6.64. The molecule has 0 radical (unpaired) electrons. The van der Waals surface area contributed by atoms with Crippen molar-refractivity contribution in [2.24, 2.45) is 0 Å². The number of thiophene rings is 1. The number of rotatable bonds is 3. The van der Waals surface area contributed by atoms with Gasteiger partial charge in [0.2, 0.25) is 0 Å². The molecular weight excluding hydrogens is 338 g/mol. The van der Waals surface area contributed by atoms with Crippen LogP contribution in [0.4, 0.5) is 0 Å². The molecule has 24 heavy (non-hydrogen) atoms. The Morgan fingerprint density at radius 1 is 1.17 bits per heavy atom. The molecular formula is C18H20N3OS2+. The second kappa shape index (κ2) is 6.63. The zero-order valence-electron chi connectivity index (χ0n) is 13.6. The number of carbonyl (C=O) groups is 1. The van der Waals surface area contributed by atoms with E-state index in [4.69, 9.17) is 4.98 Å². The summed E-state index contributed by atoms with van der Waals surface area (Å²) < 4.78 is 1.26. The van der Waals surface area contributed by atoms with E-state index in [0.717, 1.165) is 43.1 Å². The molecule has 4 nitrogen and oxygen atoms in total. The van der Waals surface area contributed by atoms with Crippen LogP contribution < -0.4 is 4.90 Å². The largest absolute Gasteiger partial charge is 0.327 e. The number of nitrogens with zero attached hydrogens (tertiary/aromatic N) is 2. The first-order valence-electron chi connectivity index (χ1n) is 8.23. The summed E-state index contributed by atoms with van der Waals surface area (Å²) in [6, 6.07) is 12.3. The highest BCUT2D eigenvalue weighted by Crippen LogP contribution is 2.21. The Kier molecular flexibility index (Phi) is 4.35. The van der Waals surface area contributed by atoms with Crippen LogP contribution in [0.25, 0.3) is 10.2 Å². The number of amides is 1. The second-order valence-electron chi connectivity index (χ2n) is 6.20. The van der Waals surface area contributed by atoms with Gasteiger partial charge in [0.05, 0.1) is 41.3 Å². The Balaban J connectivity index is 1.36. The number of aryl methyl sites for hydroxylation is 1. The fraction of sp³-hybridized carbons (Fsp3) is 0.333. The molecule has 1 N–H and O–H groups in total. The molecule has 6 heteroatoms. The number of piperazine rings is 1. The topological polar surface area (TPSA) is 37.6 Å². The number of hydrogen-bond acceptors (Lipinski definition) is 4. The number of aromatic nitrogens is 1. The van der Waals surface area contributed by atoms with E-state index in [1.54, 1.807) is 22.7 Å². The van der Waals surface area contributed by atoms with Crippen LogP contribution in [-0.4, -0.2) is 42.0 Å². The number of benzene rings is 1. The van der Waals surface area contributed by atoms with E-state index in [2.05, 4.69) is 18.2 Å². The number of thiazole rings is 1. The molecule has 1 aliphatic heterocycles. The SMILES string of the molecule is Cc1ccc(C(=O)N2CC[NH+](Cc3nc4ccccc4s3)CC2)s1. The number of nitrogens with one attached hydrogen (secondary N) is 1. The summed E-state index contributed by atoms with van der Waals surface area (Å²) in [4.78, 5) is 22.8. The van der Waals surface area contributed by atoms with E-state index in [1.165, 1.54) is 19.5 Å². The zero-order chi connectivity index (χ0) is 16.5. The van der Waals surface area contributed by atoms with Crippen molar-refractivity contribution in [3.8, 4) is 0 Å². The molecule has 0 spiro atoms. The van der Waals surface area contributed by atoms with E-state index in [0.29, 0.717) is 0 Å². The molecule has 3 heterocycles. The third kappa shape index (κ3) is 3.22. The van der Waals surface area contributed by atoms with Gasteiger partial charge in [0.1, 0.15) is 11.6 Å². The Bertz CT molecular complexity index is 829. The highest BCUT2D eigenvalue weighted by molar-refractivity contribution is 7.18. The molecule has 124 valence electrons. The van der Waals surface area contributed by atoms with Crippen LogP contribution in [0.15, 0.2) is 36.4 Å². The molecule has 3 aromatic rings. The Labute approximate surface area is 149 Å². The summed E-state index contributed by atoms with van der Waals surface area (Å²) in [5.74, 6) is 0.187. The van der Waals surface area contributed by atoms with Gasteiger partial charge in [0, 0.05) is 4.88 Å². The van der Waals surface area contributed by atoms with E-state index in [-0.39, 0.29) is 5.91 Å². The molecule has 2 aromatic heterocycles. The molecule has 0 aliphatic carbocycles. The number of para-hydroxylation sites is 1. The van der Waals surface area contributed by atoms with Gasteiger partial charge in [-0.3, -0.25) is 4.79 Å². The van der Waals surface area contributed by atoms with Crippen molar-refractivity contribution in [2.45, 2.75) is 13.5 Å². The zero-order valence-corrected chi connectivity index (χ0v) is 15.3. The first-order chi connectivity index (χ1) is 11.7. The lowest BCUT2D eigenvalue weighted by Crippen LogP contribution is -3.13. The highest BCUT2D eigenvalue weighted by Gasteiger charge is 2.26. The molecule has 0 unspecified atom stereocenters. The molecule has 4 rings (SSSR count). The standard InChI is InChI=1S/C18H19N3OS2/c1-13-6-7-16(23-13)18(22)21-10-8-20(9-11-21)12-17-19-14-4-2-3-5-15(14)24-17/h2-7H,8-12H2,1H3/p+1. The quantitative estimate of drug-likeness (QED) is 0.779. The summed E-state index contributed by atoms with van der Waals surface area (Å²) in [5, 5.41) is 1.19. The van der Waals surface area contributed by atoms with Crippen molar-refractivity contribution in [2.75, 3.05) is 26.2 Å². The van der Waals surface area contributed by atoms with Crippen LogP contribution in [0.1, 0.15) is 19.6 Å². The number of fused-ring (bicyclic) bond motifs is 1. The average molecular weight is 359 g/mol. The van der Waals surface area contributed by atoms with Gasteiger partial charge in [0.15, 0.2) is 0 Å². The van der Waals surface area contributed by atoms with Crippen LogP contribution in [0.3, 0.4) is 0 Å². The predicted molar refractivity (Wildman–Crippen MR) is 99.0 cm³/mol. The summed E-state index contributed by atoms with van der Waals surface area (Å²) in [5.41, 5.74) is 1.10. The van der Waals surface area contributed by atoms with Crippen LogP contribution in [0.2, 0.25) is 0 Å². The first kappa shape index (κ1) is 15.7. The molecule has 1 fully saturated rings. The van der Waals surface area contributed by atoms with E-state index >= 15 is 0 Å². The van der Waals surface area contributed by atoms with Gasteiger partial charge in [-0.2, -0.15) is 0 Å². The number of carbonyl (C=O) groups excluding carboxylic acids is 1. The molecule has 1 saturated heterocycles. The van der Waals surface area contributed by atoms with E-state index in [9.17, 15) is 4.79 Å². The van der Waals surface area contributed by atoms with Gasteiger partial charge >= 0.3 is 0 Å². The summed E-state index contributed by atoms with van der Waals surface area (Å²) in [6.07, 6.45) is 0. The normalized spacial score (nSPS) is 16.0. The predicted octanol–water partition coefficient (Wildman–Crippen LogP) is 2.21. The smallest absolute Gasteiger partial charge is 0.264 e. The third-order valence-corrected chi connectivity index (χ3v) is 6.47. The maximum Gasteiger partial charge on any atom is 0.264 e. The van der Waals surface area contributed by atoms with E-state index in [1.807, 2.05) is 30.0 Å². The van der Waals surface area contributed by atoms with Crippen molar-refractivity contribution in [3.05, 3.63) is 51.2 Å². The minimum atomic E-state index is 0.187. The fourth-order valence-corrected chi connectivity index (χ4v) is 4.99. The van der Waals surface area contributed by atoms with Gasteiger partial charge in [-0.25, -0.2) is 4.98 Å². The maximum atomic E-state index is 12.5. The van der Waals surface area contributed by atoms with Gasteiger partial charge in [-0.05, 0) is 31.2 Å². The third-order valence-electron chi connectivity index (χ3n) is 4.45. The van der Waals surface area contributed by atoms with Gasteiger partial charge in [0.25, 0.3) is 5.91 Å². The molecule has 0 bridgehead atoms. The van der Waals surface area contributed by atoms with Crippen LogP contribution in [0, 0.1) is 6.92 Å². The summed E-state index contributed by atoms with van der Waals surface area (Å²) >= 11 is 3.38. The number of quaternary nitrogens is 1. The summed E-state index contributed by atoms with van der Waals surface area (Å²) in [7, 11) is 0. The van der Waals surface area contributed by atoms with Crippen LogP contribution >= 0.6 is 22.7 Å². The van der Waals surface area contributed by atoms with Gasteiger partial charge in [-0.15, -0.1) is 22.7 Å². The lowest BCUT2D eigenvalue weighted by Gasteiger charge is -2.31. The molecule has 1 aliphatic rings. The fourth-order valence-electron chi connectivity index (χ4n) is 3.12. The maximum absolute atomic E-state index is 12.5. The lowest BCUT2D eigenvalue weighted by molar-refractivity contribution is -0.917. The molecule has 1 amide bonds. The van der Waals surface area contributed by atoms with Crippen LogP contribution in [0.5, 0.6) is 0 Å². The first-order valence-corrected chi connectivity index (χ1v) is 9.86. The van der Waals surface area contributed by atoms with Crippen molar-refractivity contribution in [3.63, 3.8) is 0 Å². The average Bonchev–Trinajstić information content (AvgIpc) is 3.20. The lowest BCUT2D eigenvalue weighted by atomic mass is 10.3. The minimum Gasteiger partial charge on any atom is -0.327 e. The van der Waals surface area contributed by atoms with Crippen LogP contribution in [-0.2, 0) is 6.54 Å². The van der Waals surface area contributed by atoms with Crippen molar-refractivity contribution in [1.82, 2.24) is 9.88 Å². The Morgan fingerprint density at radius 2 is 1.96 bits per heavy atom. The Hall–Kier alpha value is -1.76. The van der Waals surface area contributed by atoms with E-state index < -0.39 is 0 Å². The molecule has 1 aromatic carbocycles. The minimum absolute atomic E-state index is 0.187.